The maximum atomic E-state index is 13.6. The Bertz CT molecular complexity index is 1220. The van der Waals surface area contributed by atoms with Gasteiger partial charge >= 0.3 is 12.4 Å². The number of carbonyl (C=O) groups excluding carboxylic acids is 1. The Morgan fingerprint density at radius 2 is 1.57 bits per heavy atom. The molecule has 0 unspecified atom stereocenters. The molecule has 2 saturated heterocycles. The average Bonchev–Trinajstić information content (AvgIpc) is 2.93. The van der Waals surface area contributed by atoms with Gasteiger partial charge in [0.25, 0.3) is 5.91 Å². The lowest BCUT2D eigenvalue weighted by Gasteiger charge is -2.43. The van der Waals surface area contributed by atoms with Crippen LogP contribution in [0.2, 0.25) is 5.02 Å². The van der Waals surface area contributed by atoms with Crippen molar-refractivity contribution < 1.29 is 45.7 Å². The van der Waals surface area contributed by atoms with Crippen molar-refractivity contribution in [2.75, 3.05) is 66.1 Å². The molecule has 2 fully saturated rings. The molecule has 1 amide bonds. The Balaban J connectivity index is 0.00000337. The molecule has 248 valence electrons. The molecule has 0 aromatic heterocycles. The number of phenols is 1. The molecule has 2 aromatic rings. The number of nitrogens with zero attached hydrogens (tertiary/aromatic N) is 3. The van der Waals surface area contributed by atoms with Crippen LogP contribution >= 0.6 is 36.4 Å². The maximum Gasteiger partial charge on any atom is 0.416 e. The summed E-state index contributed by atoms with van der Waals surface area (Å²) in [7, 11) is 1.60. The van der Waals surface area contributed by atoms with Gasteiger partial charge in [-0.1, -0.05) is 17.7 Å². The molecular weight excluding hydrogens is 663 g/mol. The van der Waals surface area contributed by atoms with Crippen molar-refractivity contribution in [3.8, 4) is 5.75 Å². The van der Waals surface area contributed by atoms with E-state index in [0.717, 1.165) is 6.54 Å². The van der Waals surface area contributed by atoms with Crippen LogP contribution in [0.4, 0.5) is 26.3 Å². The number of methoxy groups -OCH3 is 1. The molecule has 0 radical (unpaired) electrons. The summed E-state index contributed by atoms with van der Waals surface area (Å²) in [5, 5.41) is 10.2. The van der Waals surface area contributed by atoms with Gasteiger partial charge in [0.05, 0.1) is 35.5 Å². The minimum absolute atomic E-state index is 0. The number of alkyl halides is 6. The smallest absolute Gasteiger partial charge is 0.416 e. The first kappa shape index (κ1) is 38.2. The number of ether oxygens (including phenoxy) is 2. The molecule has 0 saturated carbocycles. The van der Waals surface area contributed by atoms with Crippen LogP contribution in [0, 0.1) is 0 Å². The summed E-state index contributed by atoms with van der Waals surface area (Å²) in [5.74, 6) is -1.10. The monoisotopic (exact) mass is 695 g/mol. The van der Waals surface area contributed by atoms with Gasteiger partial charge < -0.3 is 19.5 Å². The highest BCUT2D eigenvalue weighted by Gasteiger charge is 2.39. The predicted molar refractivity (Wildman–Crippen MR) is 157 cm³/mol. The molecule has 2 aliphatic heterocycles. The number of morpholine rings is 1. The molecule has 1 N–H and O–H groups in total. The number of rotatable bonds is 8. The lowest BCUT2D eigenvalue weighted by atomic mass is 9.99. The van der Waals surface area contributed by atoms with Crippen LogP contribution in [0.3, 0.4) is 0 Å². The summed E-state index contributed by atoms with van der Waals surface area (Å²) in [6.45, 7) is 4.60. The highest BCUT2D eigenvalue weighted by Crippen LogP contribution is 2.37. The molecule has 2 heterocycles. The quantitative estimate of drug-likeness (QED) is 0.361. The van der Waals surface area contributed by atoms with Crippen LogP contribution in [0.15, 0.2) is 36.4 Å². The topological polar surface area (TPSA) is 65.5 Å². The highest BCUT2D eigenvalue weighted by atomic mass is 35.5. The maximum absolute atomic E-state index is 13.6. The summed E-state index contributed by atoms with van der Waals surface area (Å²) in [4.78, 5) is 19.2. The van der Waals surface area contributed by atoms with E-state index < -0.39 is 41.0 Å². The fourth-order valence-electron chi connectivity index (χ4n) is 5.32. The Morgan fingerprint density at radius 1 is 0.955 bits per heavy atom. The molecule has 0 bridgehead atoms. The van der Waals surface area contributed by atoms with Gasteiger partial charge in [-0.2, -0.15) is 26.3 Å². The summed E-state index contributed by atoms with van der Waals surface area (Å²) in [6, 6.07) is 4.90. The molecule has 0 aliphatic carbocycles. The van der Waals surface area contributed by atoms with Crippen LogP contribution in [0.25, 0.3) is 0 Å². The average molecular weight is 697 g/mol. The van der Waals surface area contributed by atoms with Crippen molar-refractivity contribution in [1.82, 2.24) is 14.7 Å². The molecule has 16 heteroatoms. The lowest BCUT2D eigenvalue weighted by Crippen LogP contribution is -2.57. The zero-order chi connectivity index (χ0) is 30.7. The Hall–Kier alpha value is -2.00. The van der Waals surface area contributed by atoms with Crippen LogP contribution in [-0.4, -0.2) is 104 Å². The van der Waals surface area contributed by atoms with E-state index in [1.807, 2.05) is 0 Å². The largest absolute Gasteiger partial charge is 0.506 e. The summed E-state index contributed by atoms with van der Waals surface area (Å²) in [5.41, 5.74) is -3.17. The van der Waals surface area contributed by atoms with Gasteiger partial charge in [-0.05, 0) is 42.3 Å². The molecule has 2 atom stereocenters. The van der Waals surface area contributed by atoms with E-state index in [2.05, 4.69) is 9.80 Å². The fourth-order valence-corrected chi connectivity index (χ4v) is 5.44. The highest BCUT2D eigenvalue weighted by molar-refractivity contribution is 6.32. The van der Waals surface area contributed by atoms with Crippen molar-refractivity contribution >= 4 is 42.3 Å². The third-order valence-corrected chi connectivity index (χ3v) is 7.77. The fraction of sp³-hybridized carbons (Fsp3) is 0.536. The Labute approximate surface area is 268 Å². The Kier molecular flexibility index (Phi) is 13.9. The van der Waals surface area contributed by atoms with Gasteiger partial charge in [0.15, 0.2) is 0 Å². The lowest BCUT2D eigenvalue weighted by molar-refractivity contribution is -0.143. The van der Waals surface area contributed by atoms with E-state index in [4.69, 9.17) is 21.1 Å². The van der Waals surface area contributed by atoms with E-state index >= 15 is 0 Å². The molecule has 0 spiro atoms. The standard InChI is InChI=1S/C28H32ClF6N3O4.2ClH/c1-41-17-23-16-37(8-9-42-23)5-4-36-6-7-38(22(15-36)10-18-2-3-24(29)25(39)11-18)26(40)19-12-20(27(30,31)32)14-21(13-19)28(33,34)35;;/h2-3,11-14,22-23,39H,4-10,15-17H2,1H3;2*1H/t22-,23-;;/m1../s1. The number of piperazine rings is 1. The molecule has 2 aliphatic rings. The number of benzene rings is 2. The number of hydrogen-bond acceptors (Lipinski definition) is 6. The molecule has 7 nitrogen and oxygen atoms in total. The van der Waals surface area contributed by atoms with Crippen LogP contribution in [-0.2, 0) is 28.2 Å². The SMILES string of the molecule is COC[C@H]1CN(CCN2CCN(C(=O)c3cc(C(F)(F)F)cc(C(F)(F)F)c3)[C@H](Cc3ccc(Cl)c(O)c3)C2)CCO1.Cl.Cl. The van der Waals surface area contributed by atoms with Gasteiger partial charge in [0.2, 0.25) is 0 Å². The number of amides is 1. The number of phenolic OH excluding ortho intramolecular Hbond substituents is 1. The summed E-state index contributed by atoms with van der Waals surface area (Å²) in [6.07, 6.45) is -9.99. The minimum Gasteiger partial charge on any atom is -0.506 e. The van der Waals surface area contributed by atoms with Crippen LogP contribution < -0.4 is 0 Å². The van der Waals surface area contributed by atoms with E-state index in [1.54, 1.807) is 13.2 Å². The Morgan fingerprint density at radius 3 is 2.14 bits per heavy atom. The second-order valence-electron chi connectivity index (χ2n) is 10.5. The second-order valence-corrected chi connectivity index (χ2v) is 10.9. The number of halogens is 9. The van der Waals surface area contributed by atoms with Gasteiger partial charge in [-0.25, -0.2) is 0 Å². The van der Waals surface area contributed by atoms with Crippen LogP contribution in [0.5, 0.6) is 5.75 Å². The number of hydrogen-bond donors (Lipinski definition) is 1. The van der Waals surface area contributed by atoms with Crippen molar-refractivity contribution in [2.24, 2.45) is 0 Å². The number of carbonyl (C=O) groups is 1. The van der Waals surface area contributed by atoms with Crippen LogP contribution in [0.1, 0.15) is 27.0 Å². The summed E-state index contributed by atoms with van der Waals surface area (Å²) >= 11 is 5.93. The second kappa shape index (κ2) is 16.0. The normalized spacial score (nSPS) is 20.1. The molecule has 4 rings (SSSR count). The number of aromatic hydroxyl groups is 1. The van der Waals surface area contributed by atoms with Crippen molar-refractivity contribution in [1.29, 1.82) is 0 Å². The molecule has 2 aromatic carbocycles. The molecular formula is C28H34Cl3F6N3O4. The van der Waals surface area contributed by atoms with Crippen molar-refractivity contribution in [3.63, 3.8) is 0 Å². The van der Waals surface area contributed by atoms with Gasteiger partial charge in [-0.3, -0.25) is 14.6 Å². The van der Waals surface area contributed by atoms with E-state index in [1.165, 1.54) is 17.0 Å². The molecule has 44 heavy (non-hydrogen) atoms. The minimum atomic E-state index is -5.07. The van der Waals surface area contributed by atoms with Crippen molar-refractivity contribution in [3.05, 3.63) is 63.7 Å². The first-order valence-electron chi connectivity index (χ1n) is 13.4. The van der Waals surface area contributed by atoms with Crippen molar-refractivity contribution in [2.45, 2.75) is 30.9 Å². The first-order chi connectivity index (χ1) is 19.7. The third kappa shape index (κ3) is 10.0. The van der Waals surface area contributed by atoms with Gasteiger partial charge in [-0.15, -0.1) is 24.8 Å². The van der Waals surface area contributed by atoms with E-state index in [0.29, 0.717) is 63.6 Å². The van der Waals surface area contributed by atoms with Gasteiger partial charge in [0.1, 0.15) is 5.75 Å². The van der Waals surface area contributed by atoms with E-state index in [9.17, 15) is 36.2 Å². The summed E-state index contributed by atoms with van der Waals surface area (Å²) < 4.78 is 91.8. The third-order valence-electron chi connectivity index (χ3n) is 7.45. The zero-order valence-electron chi connectivity index (χ0n) is 23.7. The van der Waals surface area contributed by atoms with E-state index in [-0.39, 0.29) is 60.7 Å². The first-order valence-corrected chi connectivity index (χ1v) is 13.8. The zero-order valence-corrected chi connectivity index (χ0v) is 26.1. The van der Waals surface area contributed by atoms with Gasteiger partial charge in [0, 0.05) is 64.5 Å². The predicted octanol–water partition coefficient (Wildman–Crippen LogP) is 5.64.